The maximum atomic E-state index is 11.1. The summed E-state index contributed by atoms with van der Waals surface area (Å²) in [5, 5.41) is 10.9. The standard InChI is InChI=1S/C6H10N2O3S/c1-6(2,12(3,10)11)5(4-7)8-9/h5H,1-3H3. The topological polar surface area (TPSA) is 87.4 Å². The van der Waals surface area contributed by atoms with E-state index >= 15 is 0 Å². The zero-order chi connectivity index (χ0) is 9.99. The van der Waals surface area contributed by atoms with Gasteiger partial charge in [-0.05, 0) is 19.0 Å². The lowest BCUT2D eigenvalue weighted by Crippen LogP contribution is -2.41. The average molecular weight is 190 g/mol. The molecule has 0 spiro atoms. The van der Waals surface area contributed by atoms with Gasteiger partial charge >= 0.3 is 0 Å². The number of hydrogen-bond acceptors (Lipinski definition) is 5. The van der Waals surface area contributed by atoms with Gasteiger partial charge in [0.1, 0.15) is 4.75 Å². The largest absolute Gasteiger partial charge is 0.228 e. The monoisotopic (exact) mass is 190 g/mol. The molecule has 1 unspecified atom stereocenters. The maximum absolute atomic E-state index is 11.1. The van der Waals surface area contributed by atoms with Crippen molar-refractivity contribution in [2.45, 2.75) is 24.6 Å². The molecule has 0 aromatic rings. The first-order valence-electron chi connectivity index (χ1n) is 3.19. The second-order valence-corrected chi connectivity index (χ2v) is 5.61. The third kappa shape index (κ3) is 1.80. The van der Waals surface area contributed by atoms with E-state index in [2.05, 4.69) is 5.18 Å². The molecule has 0 fully saturated rings. The Kier molecular flexibility index (Phi) is 2.93. The minimum Gasteiger partial charge on any atom is -0.228 e. The Bertz CT molecular complexity index is 312. The summed E-state index contributed by atoms with van der Waals surface area (Å²) >= 11 is 0. The molecule has 0 N–H and O–H groups in total. The summed E-state index contributed by atoms with van der Waals surface area (Å²) in [6, 6.07) is 0.186. The van der Waals surface area contributed by atoms with Crippen LogP contribution in [-0.4, -0.2) is 25.5 Å². The van der Waals surface area contributed by atoms with Crippen molar-refractivity contribution in [3.05, 3.63) is 4.91 Å². The predicted molar refractivity (Wildman–Crippen MR) is 44.1 cm³/mol. The van der Waals surface area contributed by atoms with Crippen LogP contribution in [0.25, 0.3) is 0 Å². The van der Waals surface area contributed by atoms with Crippen LogP contribution in [0.1, 0.15) is 13.8 Å². The first-order valence-corrected chi connectivity index (χ1v) is 5.08. The van der Waals surface area contributed by atoms with Gasteiger partial charge in [0.05, 0.1) is 6.07 Å². The van der Waals surface area contributed by atoms with E-state index in [1.165, 1.54) is 13.8 Å². The van der Waals surface area contributed by atoms with Gasteiger partial charge in [-0.1, -0.05) is 0 Å². The molecule has 0 radical (unpaired) electrons. The number of nitriles is 1. The highest BCUT2D eigenvalue weighted by Gasteiger charge is 2.40. The third-order valence-electron chi connectivity index (χ3n) is 1.84. The fraction of sp³-hybridized carbons (Fsp3) is 0.833. The van der Waals surface area contributed by atoms with Crippen molar-refractivity contribution in [1.29, 1.82) is 5.26 Å². The Morgan fingerprint density at radius 1 is 1.50 bits per heavy atom. The van der Waals surface area contributed by atoms with Crippen LogP contribution < -0.4 is 0 Å². The molecule has 0 aliphatic heterocycles. The molecule has 5 nitrogen and oxygen atoms in total. The van der Waals surface area contributed by atoms with E-state index in [9.17, 15) is 13.3 Å². The molecule has 0 aromatic heterocycles. The lowest BCUT2D eigenvalue weighted by atomic mass is 10.1. The van der Waals surface area contributed by atoms with Crippen LogP contribution in [-0.2, 0) is 9.84 Å². The molecule has 0 aromatic carbocycles. The summed E-state index contributed by atoms with van der Waals surface area (Å²) in [5.74, 6) is 0. The van der Waals surface area contributed by atoms with E-state index in [1.807, 2.05) is 0 Å². The summed E-state index contributed by atoms with van der Waals surface area (Å²) in [5.41, 5.74) is 0. The summed E-state index contributed by atoms with van der Waals surface area (Å²) in [6.45, 7) is 2.61. The van der Waals surface area contributed by atoms with E-state index in [4.69, 9.17) is 5.26 Å². The summed E-state index contributed by atoms with van der Waals surface area (Å²) in [4.78, 5) is 10.1. The van der Waals surface area contributed by atoms with Crippen LogP contribution >= 0.6 is 0 Å². The molecule has 0 bridgehead atoms. The molecule has 0 aliphatic rings. The van der Waals surface area contributed by atoms with Gasteiger partial charge in [0.25, 0.3) is 0 Å². The van der Waals surface area contributed by atoms with Crippen molar-refractivity contribution in [2.24, 2.45) is 5.18 Å². The molecular weight excluding hydrogens is 180 g/mol. The van der Waals surface area contributed by atoms with Crippen molar-refractivity contribution in [3.63, 3.8) is 0 Å². The van der Waals surface area contributed by atoms with Gasteiger partial charge in [0, 0.05) is 6.26 Å². The van der Waals surface area contributed by atoms with E-state index < -0.39 is 20.6 Å². The molecule has 0 saturated carbocycles. The van der Waals surface area contributed by atoms with Gasteiger partial charge in [-0.25, -0.2) is 8.42 Å². The number of sulfone groups is 1. The minimum atomic E-state index is -3.44. The van der Waals surface area contributed by atoms with Crippen molar-refractivity contribution >= 4 is 9.84 Å². The first kappa shape index (κ1) is 11.0. The smallest absolute Gasteiger partial charge is 0.197 e. The molecule has 0 amide bonds. The lowest BCUT2D eigenvalue weighted by molar-refractivity contribution is 0.529. The van der Waals surface area contributed by atoms with Crippen molar-refractivity contribution in [1.82, 2.24) is 0 Å². The SMILES string of the molecule is CC(C)(C(C#N)N=O)S(C)(=O)=O. The van der Waals surface area contributed by atoms with Gasteiger partial charge < -0.3 is 0 Å². The summed E-state index contributed by atoms with van der Waals surface area (Å²) in [6.07, 6.45) is 0.975. The van der Waals surface area contributed by atoms with Gasteiger partial charge in [-0.2, -0.15) is 5.26 Å². The molecule has 0 heterocycles. The van der Waals surface area contributed by atoms with E-state index in [0.29, 0.717) is 0 Å². The Hall–Kier alpha value is -0.960. The fourth-order valence-corrected chi connectivity index (χ4v) is 1.01. The van der Waals surface area contributed by atoms with Crippen molar-refractivity contribution < 1.29 is 8.42 Å². The Balaban J connectivity index is 5.13. The van der Waals surface area contributed by atoms with E-state index in [0.717, 1.165) is 6.26 Å². The number of nitrogens with zero attached hydrogens (tertiary/aromatic N) is 2. The van der Waals surface area contributed by atoms with Crippen LogP contribution in [0.5, 0.6) is 0 Å². The van der Waals surface area contributed by atoms with Crippen LogP contribution in [0.15, 0.2) is 5.18 Å². The average Bonchev–Trinajstić information content (AvgIpc) is 1.87. The summed E-state index contributed by atoms with van der Waals surface area (Å²) < 4.78 is 20.7. The van der Waals surface area contributed by atoms with Crippen LogP contribution in [0.2, 0.25) is 0 Å². The second-order valence-electron chi connectivity index (χ2n) is 3.01. The van der Waals surface area contributed by atoms with Gasteiger partial charge in [-0.15, -0.1) is 4.91 Å². The van der Waals surface area contributed by atoms with Gasteiger partial charge in [0.15, 0.2) is 15.9 Å². The van der Waals surface area contributed by atoms with Crippen molar-refractivity contribution in [3.8, 4) is 6.07 Å². The fourth-order valence-electron chi connectivity index (χ4n) is 0.509. The van der Waals surface area contributed by atoms with Gasteiger partial charge in [0.2, 0.25) is 0 Å². The number of nitroso groups, excluding NO2 is 1. The highest BCUT2D eigenvalue weighted by Crippen LogP contribution is 2.21. The highest BCUT2D eigenvalue weighted by atomic mass is 32.2. The molecule has 0 saturated heterocycles. The molecule has 68 valence electrons. The molecule has 0 rings (SSSR count). The second kappa shape index (κ2) is 3.19. The maximum Gasteiger partial charge on any atom is 0.197 e. The van der Waals surface area contributed by atoms with E-state index in [1.54, 1.807) is 6.07 Å². The zero-order valence-corrected chi connectivity index (χ0v) is 7.92. The Morgan fingerprint density at radius 2 is 1.92 bits per heavy atom. The zero-order valence-electron chi connectivity index (χ0n) is 7.10. The van der Waals surface area contributed by atoms with Crippen LogP contribution in [0.4, 0.5) is 0 Å². The molecular formula is C6H10N2O3S. The van der Waals surface area contributed by atoms with Crippen LogP contribution in [0.3, 0.4) is 0 Å². The predicted octanol–water partition coefficient (Wildman–Crippen LogP) is 0.468. The van der Waals surface area contributed by atoms with Gasteiger partial charge in [-0.3, -0.25) is 0 Å². The van der Waals surface area contributed by atoms with Crippen LogP contribution in [0, 0.1) is 16.2 Å². The molecule has 0 aliphatic carbocycles. The molecule has 6 heteroatoms. The minimum absolute atomic E-state index is 0.975. The Labute approximate surface area is 71.3 Å². The Morgan fingerprint density at radius 3 is 2.00 bits per heavy atom. The molecule has 12 heavy (non-hydrogen) atoms. The number of hydrogen-bond donors (Lipinski definition) is 0. The third-order valence-corrected chi connectivity index (χ3v) is 3.98. The van der Waals surface area contributed by atoms with E-state index in [-0.39, 0.29) is 0 Å². The highest BCUT2D eigenvalue weighted by molar-refractivity contribution is 7.92. The quantitative estimate of drug-likeness (QED) is 0.605. The lowest BCUT2D eigenvalue weighted by Gasteiger charge is -2.22. The molecule has 1 atom stereocenters. The first-order chi connectivity index (χ1) is 5.27. The van der Waals surface area contributed by atoms with Crippen molar-refractivity contribution in [2.75, 3.05) is 6.26 Å². The number of rotatable bonds is 3. The normalized spacial score (nSPS) is 14.8. The summed E-state index contributed by atoms with van der Waals surface area (Å²) in [7, 11) is -3.44.